The normalized spacial score (nSPS) is 10.9. The molecule has 0 saturated heterocycles. The number of nitrogens with zero attached hydrogens (tertiary/aromatic N) is 4. The number of hydrogen-bond donors (Lipinski definition) is 2. The van der Waals surface area contributed by atoms with Crippen molar-refractivity contribution in [3.63, 3.8) is 0 Å². The van der Waals surface area contributed by atoms with Crippen molar-refractivity contribution in [2.45, 2.75) is 20.3 Å². The van der Waals surface area contributed by atoms with Gasteiger partial charge in [-0.1, -0.05) is 17.7 Å². The molecule has 0 aliphatic heterocycles. The number of anilines is 3. The zero-order valence-electron chi connectivity index (χ0n) is 14.0. The zero-order chi connectivity index (χ0) is 16.8. The Labute approximate surface area is 142 Å². The Kier molecular flexibility index (Phi) is 6.12. The van der Waals surface area contributed by atoms with E-state index < -0.39 is 0 Å². The van der Waals surface area contributed by atoms with Gasteiger partial charge in [-0.3, -0.25) is 0 Å². The van der Waals surface area contributed by atoms with Crippen molar-refractivity contribution in [1.82, 2.24) is 20.1 Å². The first-order valence-electron chi connectivity index (χ1n) is 7.58. The van der Waals surface area contributed by atoms with E-state index in [1.54, 1.807) is 6.20 Å². The second-order valence-corrected chi connectivity index (χ2v) is 6.22. The Morgan fingerprint density at radius 3 is 2.70 bits per heavy atom. The summed E-state index contributed by atoms with van der Waals surface area (Å²) in [5, 5.41) is 15.0. The summed E-state index contributed by atoms with van der Waals surface area (Å²) in [7, 11) is 4.10. The van der Waals surface area contributed by atoms with Gasteiger partial charge in [0.15, 0.2) is 5.82 Å². The van der Waals surface area contributed by atoms with Gasteiger partial charge in [-0.25, -0.2) is 0 Å². The smallest absolute Gasteiger partial charge is 0.244 e. The van der Waals surface area contributed by atoms with E-state index in [4.69, 9.17) is 11.6 Å². The monoisotopic (exact) mass is 334 g/mol. The van der Waals surface area contributed by atoms with E-state index in [2.05, 4.69) is 50.9 Å². The van der Waals surface area contributed by atoms with Crippen molar-refractivity contribution >= 4 is 29.1 Å². The molecule has 0 aliphatic carbocycles. The van der Waals surface area contributed by atoms with Crippen molar-refractivity contribution in [3.8, 4) is 0 Å². The van der Waals surface area contributed by atoms with Crippen LogP contribution in [0.25, 0.3) is 0 Å². The third-order valence-electron chi connectivity index (χ3n) is 3.31. The first-order chi connectivity index (χ1) is 11.0. The lowest BCUT2D eigenvalue weighted by Crippen LogP contribution is -2.17. The highest BCUT2D eigenvalue weighted by Gasteiger charge is 2.08. The van der Waals surface area contributed by atoms with Crippen molar-refractivity contribution in [3.05, 3.63) is 34.5 Å². The van der Waals surface area contributed by atoms with Gasteiger partial charge in [0.2, 0.25) is 5.95 Å². The molecule has 7 heteroatoms. The maximum absolute atomic E-state index is 6.31. The van der Waals surface area contributed by atoms with Crippen molar-refractivity contribution < 1.29 is 0 Å². The van der Waals surface area contributed by atoms with Crippen LogP contribution in [-0.4, -0.2) is 47.3 Å². The highest BCUT2D eigenvalue weighted by molar-refractivity contribution is 6.33. The highest BCUT2D eigenvalue weighted by atomic mass is 35.5. The van der Waals surface area contributed by atoms with Gasteiger partial charge >= 0.3 is 0 Å². The molecule has 1 heterocycles. The van der Waals surface area contributed by atoms with E-state index in [9.17, 15) is 0 Å². The van der Waals surface area contributed by atoms with Gasteiger partial charge in [0, 0.05) is 6.54 Å². The Morgan fingerprint density at radius 2 is 2.00 bits per heavy atom. The molecule has 0 amide bonds. The molecule has 0 fully saturated rings. The maximum atomic E-state index is 6.31. The third kappa shape index (κ3) is 5.33. The Morgan fingerprint density at radius 1 is 1.22 bits per heavy atom. The molecule has 0 atom stereocenters. The van der Waals surface area contributed by atoms with Gasteiger partial charge in [-0.2, -0.15) is 10.1 Å². The Bertz CT molecular complexity index is 636. The second kappa shape index (κ2) is 8.08. The molecule has 2 N–H and O–H groups in total. The van der Waals surface area contributed by atoms with Crippen LogP contribution in [0.15, 0.2) is 18.3 Å². The van der Waals surface area contributed by atoms with Crippen LogP contribution in [-0.2, 0) is 0 Å². The van der Waals surface area contributed by atoms with E-state index in [1.165, 1.54) is 0 Å². The molecular weight excluding hydrogens is 312 g/mol. The van der Waals surface area contributed by atoms with Gasteiger partial charge in [0.1, 0.15) is 0 Å². The molecule has 6 nitrogen and oxygen atoms in total. The van der Waals surface area contributed by atoms with Crippen molar-refractivity contribution in [2.24, 2.45) is 0 Å². The van der Waals surface area contributed by atoms with Crippen LogP contribution < -0.4 is 10.6 Å². The molecule has 2 aromatic rings. The lowest BCUT2D eigenvalue weighted by molar-refractivity contribution is 0.405. The number of rotatable bonds is 7. The first-order valence-corrected chi connectivity index (χ1v) is 7.95. The minimum absolute atomic E-state index is 0.509. The molecule has 2 rings (SSSR count). The maximum Gasteiger partial charge on any atom is 0.244 e. The van der Waals surface area contributed by atoms with Crippen LogP contribution >= 0.6 is 11.6 Å². The number of halogens is 1. The van der Waals surface area contributed by atoms with Crippen molar-refractivity contribution in [2.75, 3.05) is 37.8 Å². The molecule has 0 bridgehead atoms. The van der Waals surface area contributed by atoms with Gasteiger partial charge in [0.25, 0.3) is 0 Å². The Hall–Kier alpha value is -1.92. The van der Waals surface area contributed by atoms with Gasteiger partial charge < -0.3 is 15.5 Å². The Balaban J connectivity index is 2.03. The van der Waals surface area contributed by atoms with Crippen LogP contribution in [0.5, 0.6) is 0 Å². The number of hydrogen-bond acceptors (Lipinski definition) is 6. The molecule has 0 saturated carbocycles. The minimum atomic E-state index is 0.509. The molecule has 1 aromatic carbocycles. The van der Waals surface area contributed by atoms with E-state index in [0.717, 1.165) is 36.3 Å². The quantitative estimate of drug-likeness (QED) is 0.758. The lowest BCUT2D eigenvalue weighted by atomic mass is 10.1. The topological polar surface area (TPSA) is 66.0 Å². The number of aromatic nitrogens is 3. The first kappa shape index (κ1) is 17.4. The zero-order valence-corrected chi connectivity index (χ0v) is 14.8. The summed E-state index contributed by atoms with van der Waals surface area (Å²) in [6.45, 7) is 5.84. The summed E-state index contributed by atoms with van der Waals surface area (Å²) in [6, 6.07) is 4.00. The molecular formula is C16H23ClN6. The van der Waals surface area contributed by atoms with Crippen molar-refractivity contribution in [1.29, 1.82) is 0 Å². The molecule has 0 aliphatic rings. The number of nitrogens with one attached hydrogen (secondary N) is 2. The fraction of sp³-hybridized carbons (Fsp3) is 0.438. The van der Waals surface area contributed by atoms with E-state index in [1.807, 2.05) is 19.9 Å². The van der Waals surface area contributed by atoms with Crippen LogP contribution in [0.3, 0.4) is 0 Å². The van der Waals surface area contributed by atoms with E-state index >= 15 is 0 Å². The standard InChI is InChI=1S/C16H23ClN6/c1-11-8-12(2)15(13(17)9-11)20-14-10-19-22-16(21-14)18-6-5-7-23(3)4/h8-10H,5-7H2,1-4H3,(H2,18,20,21,22). The van der Waals surface area contributed by atoms with Crippen LogP contribution in [0.1, 0.15) is 17.5 Å². The summed E-state index contributed by atoms with van der Waals surface area (Å²) >= 11 is 6.31. The average molecular weight is 335 g/mol. The average Bonchev–Trinajstić information content (AvgIpc) is 2.48. The number of benzene rings is 1. The summed E-state index contributed by atoms with van der Waals surface area (Å²) in [5.74, 6) is 1.12. The summed E-state index contributed by atoms with van der Waals surface area (Å²) in [4.78, 5) is 6.56. The van der Waals surface area contributed by atoms with Gasteiger partial charge in [0.05, 0.1) is 16.9 Å². The van der Waals surface area contributed by atoms with Crippen LogP contribution in [0.2, 0.25) is 5.02 Å². The predicted octanol–water partition coefficient (Wildman–Crippen LogP) is 3.25. The van der Waals surface area contributed by atoms with Gasteiger partial charge in [-0.15, -0.1) is 5.10 Å². The highest BCUT2D eigenvalue weighted by Crippen LogP contribution is 2.29. The molecule has 0 spiro atoms. The fourth-order valence-corrected chi connectivity index (χ4v) is 2.60. The lowest BCUT2D eigenvalue weighted by Gasteiger charge is -2.13. The molecule has 0 radical (unpaired) electrons. The minimum Gasteiger partial charge on any atom is -0.353 e. The molecule has 124 valence electrons. The van der Waals surface area contributed by atoms with E-state index in [-0.39, 0.29) is 0 Å². The third-order valence-corrected chi connectivity index (χ3v) is 3.61. The van der Waals surface area contributed by atoms with Gasteiger partial charge in [-0.05, 0) is 58.1 Å². The molecule has 0 unspecified atom stereocenters. The number of aryl methyl sites for hydroxylation is 2. The molecule has 1 aromatic heterocycles. The summed E-state index contributed by atoms with van der Waals surface area (Å²) < 4.78 is 0. The fourth-order valence-electron chi connectivity index (χ4n) is 2.24. The van der Waals surface area contributed by atoms with Crippen LogP contribution in [0, 0.1) is 13.8 Å². The predicted molar refractivity (Wildman–Crippen MR) is 95.7 cm³/mol. The van der Waals surface area contributed by atoms with Crippen LogP contribution in [0.4, 0.5) is 17.5 Å². The molecule has 23 heavy (non-hydrogen) atoms. The summed E-state index contributed by atoms with van der Waals surface area (Å²) in [5.41, 5.74) is 3.03. The second-order valence-electron chi connectivity index (χ2n) is 5.81. The summed E-state index contributed by atoms with van der Waals surface area (Å²) in [6.07, 6.45) is 2.59. The van der Waals surface area contributed by atoms with E-state index in [0.29, 0.717) is 16.8 Å². The SMILES string of the molecule is Cc1cc(C)c(Nc2cnnc(NCCCN(C)C)n2)c(Cl)c1. The largest absolute Gasteiger partial charge is 0.353 e.